The number of hydrogen-bond acceptors (Lipinski definition) is 4. The van der Waals surface area contributed by atoms with Gasteiger partial charge in [-0.25, -0.2) is 0 Å². The fourth-order valence-corrected chi connectivity index (χ4v) is 2.35. The van der Waals surface area contributed by atoms with E-state index in [4.69, 9.17) is 10.3 Å². The SMILES string of the molecule is CC1CCC(c2noc([C@@H](N)C(C)(C)C)n2)C1. The molecule has 4 heteroatoms. The highest BCUT2D eigenvalue weighted by molar-refractivity contribution is 5.02. The Bertz CT molecular complexity index is 380. The summed E-state index contributed by atoms with van der Waals surface area (Å²) < 4.78 is 5.31. The second-order valence-corrected chi connectivity index (χ2v) is 6.45. The van der Waals surface area contributed by atoms with Crippen LogP contribution in [0.4, 0.5) is 0 Å². The van der Waals surface area contributed by atoms with Crippen LogP contribution < -0.4 is 5.73 Å². The summed E-state index contributed by atoms with van der Waals surface area (Å²) in [5, 5.41) is 4.10. The molecule has 0 amide bonds. The van der Waals surface area contributed by atoms with Gasteiger partial charge in [-0.3, -0.25) is 0 Å². The molecule has 1 fully saturated rings. The van der Waals surface area contributed by atoms with Crippen molar-refractivity contribution in [3.05, 3.63) is 11.7 Å². The third-order valence-electron chi connectivity index (χ3n) is 3.72. The largest absolute Gasteiger partial charge is 0.338 e. The lowest BCUT2D eigenvalue weighted by atomic mass is 9.87. The first kappa shape index (κ1) is 12.6. The molecule has 96 valence electrons. The van der Waals surface area contributed by atoms with Gasteiger partial charge in [0.15, 0.2) is 5.82 Å². The molecule has 0 radical (unpaired) electrons. The fourth-order valence-electron chi connectivity index (χ4n) is 2.35. The molecule has 0 aromatic carbocycles. The van der Waals surface area contributed by atoms with Crippen molar-refractivity contribution < 1.29 is 4.52 Å². The van der Waals surface area contributed by atoms with Crippen molar-refractivity contribution in [3.8, 4) is 0 Å². The third-order valence-corrected chi connectivity index (χ3v) is 3.72. The summed E-state index contributed by atoms with van der Waals surface area (Å²) in [5.41, 5.74) is 6.07. The van der Waals surface area contributed by atoms with Crippen molar-refractivity contribution >= 4 is 0 Å². The molecule has 4 nitrogen and oxygen atoms in total. The molecule has 1 aromatic rings. The van der Waals surface area contributed by atoms with Crippen LogP contribution in [-0.4, -0.2) is 10.1 Å². The van der Waals surface area contributed by atoms with E-state index in [9.17, 15) is 0 Å². The molecule has 1 aliphatic rings. The van der Waals surface area contributed by atoms with Crippen LogP contribution in [0.5, 0.6) is 0 Å². The molecule has 0 spiro atoms. The van der Waals surface area contributed by atoms with Crippen molar-refractivity contribution in [1.29, 1.82) is 0 Å². The topological polar surface area (TPSA) is 64.9 Å². The zero-order valence-corrected chi connectivity index (χ0v) is 11.2. The fraction of sp³-hybridized carbons (Fsp3) is 0.846. The Labute approximate surface area is 103 Å². The van der Waals surface area contributed by atoms with E-state index in [0.717, 1.165) is 11.7 Å². The lowest BCUT2D eigenvalue weighted by Gasteiger charge is -2.23. The Morgan fingerprint density at radius 1 is 1.35 bits per heavy atom. The average Bonchev–Trinajstić information content (AvgIpc) is 2.83. The molecular weight excluding hydrogens is 214 g/mol. The molecule has 3 atom stereocenters. The van der Waals surface area contributed by atoms with Gasteiger partial charge in [-0.15, -0.1) is 0 Å². The standard InChI is InChI=1S/C13H23N3O/c1-8-5-6-9(7-8)11-15-12(17-16-11)10(14)13(2,3)4/h8-10H,5-7,14H2,1-4H3/t8?,9?,10-/m1/s1. The zero-order chi connectivity index (χ0) is 12.6. The highest BCUT2D eigenvalue weighted by Gasteiger charge is 2.31. The Morgan fingerprint density at radius 3 is 2.59 bits per heavy atom. The van der Waals surface area contributed by atoms with Crippen LogP contribution in [0.1, 0.15) is 70.6 Å². The summed E-state index contributed by atoms with van der Waals surface area (Å²) in [6, 6.07) is -0.192. The summed E-state index contributed by atoms with van der Waals surface area (Å²) >= 11 is 0. The van der Waals surface area contributed by atoms with Gasteiger partial charge in [0, 0.05) is 5.92 Å². The van der Waals surface area contributed by atoms with Gasteiger partial charge < -0.3 is 10.3 Å². The van der Waals surface area contributed by atoms with Crippen LogP contribution in [0.25, 0.3) is 0 Å². The van der Waals surface area contributed by atoms with Crippen LogP contribution in [0.2, 0.25) is 0 Å². The number of aromatic nitrogens is 2. The molecule has 1 saturated carbocycles. The Balaban J connectivity index is 2.11. The lowest BCUT2D eigenvalue weighted by Crippen LogP contribution is -2.26. The van der Waals surface area contributed by atoms with Crippen molar-refractivity contribution in [2.45, 2.75) is 58.9 Å². The monoisotopic (exact) mass is 237 g/mol. The Kier molecular flexibility index (Phi) is 3.25. The van der Waals surface area contributed by atoms with Gasteiger partial charge in [0.25, 0.3) is 0 Å². The molecule has 0 aliphatic heterocycles. The van der Waals surface area contributed by atoms with E-state index in [1.807, 2.05) is 0 Å². The Morgan fingerprint density at radius 2 is 2.06 bits per heavy atom. The minimum atomic E-state index is -0.192. The van der Waals surface area contributed by atoms with E-state index in [-0.39, 0.29) is 11.5 Å². The summed E-state index contributed by atoms with van der Waals surface area (Å²) in [5.74, 6) is 2.67. The highest BCUT2D eigenvalue weighted by Crippen LogP contribution is 2.37. The number of rotatable bonds is 2. The smallest absolute Gasteiger partial charge is 0.244 e. The van der Waals surface area contributed by atoms with Crippen LogP contribution in [-0.2, 0) is 0 Å². The molecule has 0 saturated heterocycles. The quantitative estimate of drug-likeness (QED) is 0.858. The molecule has 2 rings (SSSR count). The minimum Gasteiger partial charge on any atom is -0.338 e. The normalized spacial score (nSPS) is 27.4. The van der Waals surface area contributed by atoms with E-state index in [1.54, 1.807) is 0 Å². The number of nitrogens with two attached hydrogens (primary N) is 1. The highest BCUT2D eigenvalue weighted by atomic mass is 16.5. The van der Waals surface area contributed by atoms with Gasteiger partial charge in [0.05, 0.1) is 6.04 Å². The molecule has 1 aliphatic carbocycles. The van der Waals surface area contributed by atoms with E-state index >= 15 is 0 Å². The predicted molar refractivity (Wildman–Crippen MR) is 66.4 cm³/mol. The van der Waals surface area contributed by atoms with E-state index in [1.165, 1.54) is 19.3 Å². The zero-order valence-electron chi connectivity index (χ0n) is 11.2. The molecule has 17 heavy (non-hydrogen) atoms. The van der Waals surface area contributed by atoms with Crippen molar-refractivity contribution in [2.75, 3.05) is 0 Å². The van der Waals surface area contributed by atoms with Gasteiger partial charge in [-0.2, -0.15) is 4.98 Å². The van der Waals surface area contributed by atoms with Crippen molar-refractivity contribution in [2.24, 2.45) is 17.1 Å². The van der Waals surface area contributed by atoms with Crippen LogP contribution in [0.3, 0.4) is 0 Å². The molecule has 2 unspecified atom stereocenters. The van der Waals surface area contributed by atoms with Crippen LogP contribution in [0, 0.1) is 11.3 Å². The van der Waals surface area contributed by atoms with E-state index < -0.39 is 0 Å². The predicted octanol–water partition coefficient (Wildman–Crippen LogP) is 3.02. The third kappa shape index (κ3) is 2.68. The molecule has 0 bridgehead atoms. The van der Waals surface area contributed by atoms with Gasteiger partial charge >= 0.3 is 0 Å². The lowest BCUT2D eigenvalue weighted by molar-refractivity contribution is 0.252. The van der Waals surface area contributed by atoms with Crippen molar-refractivity contribution in [1.82, 2.24) is 10.1 Å². The average molecular weight is 237 g/mol. The van der Waals surface area contributed by atoms with E-state index in [0.29, 0.717) is 11.8 Å². The van der Waals surface area contributed by atoms with Gasteiger partial charge in [-0.1, -0.05) is 32.9 Å². The molecule has 2 N–H and O–H groups in total. The maximum Gasteiger partial charge on any atom is 0.244 e. The maximum atomic E-state index is 6.12. The number of nitrogens with zero attached hydrogens (tertiary/aromatic N) is 2. The summed E-state index contributed by atoms with van der Waals surface area (Å²) in [7, 11) is 0. The minimum absolute atomic E-state index is 0.0488. The summed E-state index contributed by atoms with van der Waals surface area (Å²) in [4.78, 5) is 4.49. The second kappa shape index (κ2) is 4.41. The van der Waals surface area contributed by atoms with E-state index in [2.05, 4.69) is 37.8 Å². The maximum absolute atomic E-state index is 6.12. The molecule has 1 aromatic heterocycles. The summed E-state index contributed by atoms with van der Waals surface area (Å²) in [6.45, 7) is 8.53. The first-order chi connectivity index (χ1) is 7.88. The van der Waals surface area contributed by atoms with Gasteiger partial charge in [-0.05, 0) is 30.6 Å². The summed E-state index contributed by atoms with van der Waals surface area (Å²) in [6.07, 6.45) is 3.61. The molecular formula is C13H23N3O. The molecule has 1 heterocycles. The van der Waals surface area contributed by atoms with Gasteiger partial charge in [0.1, 0.15) is 0 Å². The first-order valence-electron chi connectivity index (χ1n) is 6.47. The van der Waals surface area contributed by atoms with Crippen LogP contribution in [0.15, 0.2) is 4.52 Å². The Hall–Kier alpha value is -0.900. The van der Waals surface area contributed by atoms with Crippen LogP contribution >= 0.6 is 0 Å². The van der Waals surface area contributed by atoms with Gasteiger partial charge in [0.2, 0.25) is 5.89 Å². The first-order valence-corrected chi connectivity index (χ1v) is 6.47. The second-order valence-electron chi connectivity index (χ2n) is 6.45. The number of hydrogen-bond donors (Lipinski definition) is 1. The van der Waals surface area contributed by atoms with Crippen molar-refractivity contribution in [3.63, 3.8) is 0 Å².